The Morgan fingerprint density at radius 2 is 1.81 bits per heavy atom. The van der Waals surface area contributed by atoms with Crippen molar-refractivity contribution in [1.29, 1.82) is 0 Å². The number of halogens is 1. The number of fused-ring (bicyclic) bond motifs is 1. The molecule has 0 saturated carbocycles. The van der Waals surface area contributed by atoms with Gasteiger partial charge in [0.25, 0.3) is 0 Å². The number of methoxy groups -OCH3 is 2. The Bertz CT molecular complexity index is 1360. The molecule has 1 heterocycles. The van der Waals surface area contributed by atoms with Crippen LogP contribution in [-0.2, 0) is 22.9 Å². The van der Waals surface area contributed by atoms with Crippen molar-refractivity contribution in [2.24, 2.45) is 0 Å². The first-order chi connectivity index (χ1) is 17.5. The molecule has 6 nitrogen and oxygen atoms in total. The van der Waals surface area contributed by atoms with Gasteiger partial charge in [-0.25, -0.2) is 8.42 Å². The van der Waals surface area contributed by atoms with Crippen LogP contribution in [0.5, 0.6) is 11.5 Å². The monoisotopic (exact) mass is 544 g/mol. The van der Waals surface area contributed by atoms with Crippen LogP contribution < -0.4 is 9.47 Å². The van der Waals surface area contributed by atoms with Gasteiger partial charge in [0.1, 0.15) is 0 Å². The fourth-order valence-corrected chi connectivity index (χ4v) is 7.80. The number of sulfonamides is 1. The fraction of sp³-hybridized carbons (Fsp3) is 0.448. The van der Waals surface area contributed by atoms with E-state index in [0.29, 0.717) is 24.0 Å². The van der Waals surface area contributed by atoms with Crippen LogP contribution in [-0.4, -0.2) is 58.0 Å². The van der Waals surface area contributed by atoms with Crippen LogP contribution in [0.2, 0.25) is 0 Å². The molecular weight excluding hydrogens is 508 g/mol. The average molecular weight is 545 g/mol. The maximum absolute atomic E-state index is 13.5. The van der Waals surface area contributed by atoms with Crippen molar-refractivity contribution in [2.45, 2.75) is 50.0 Å². The van der Waals surface area contributed by atoms with E-state index in [4.69, 9.17) is 9.47 Å². The molecule has 3 aromatic rings. The van der Waals surface area contributed by atoms with Gasteiger partial charge in [0, 0.05) is 36.6 Å². The van der Waals surface area contributed by atoms with Crippen LogP contribution in [0.25, 0.3) is 10.8 Å². The second-order valence-electron chi connectivity index (χ2n) is 9.68. The maximum Gasteiger partial charge on any atom is 0.243 e. The summed E-state index contributed by atoms with van der Waals surface area (Å²) in [4.78, 5) is 2.98. The summed E-state index contributed by atoms with van der Waals surface area (Å²) < 4.78 is 40.0. The quantitative estimate of drug-likeness (QED) is 0.310. The maximum atomic E-state index is 13.5. The lowest BCUT2D eigenvalue weighted by molar-refractivity contribution is 0.180. The van der Waals surface area contributed by atoms with E-state index in [0.717, 1.165) is 67.5 Å². The number of unbranched alkanes of at least 4 members (excludes halogenated alkanes) is 1. The van der Waals surface area contributed by atoms with Crippen molar-refractivity contribution in [3.05, 3.63) is 65.2 Å². The molecule has 8 heteroatoms. The zero-order valence-corrected chi connectivity index (χ0v) is 23.5. The molecule has 200 valence electrons. The second kappa shape index (κ2) is 11.6. The van der Waals surface area contributed by atoms with Crippen LogP contribution in [0.4, 0.5) is 0 Å². The molecular formula is C29H37ClN2O4S. The highest BCUT2D eigenvalue weighted by atomic mass is 35.5. The molecule has 3 aromatic carbocycles. The Morgan fingerprint density at radius 1 is 1.03 bits per heavy atom. The minimum absolute atomic E-state index is 0. The summed E-state index contributed by atoms with van der Waals surface area (Å²) >= 11 is 0. The first-order valence-corrected chi connectivity index (χ1v) is 14.4. The molecule has 0 fully saturated rings. The van der Waals surface area contributed by atoms with E-state index in [1.54, 1.807) is 24.6 Å². The second-order valence-corrected chi connectivity index (χ2v) is 11.6. The smallest absolute Gasteiger partial charge is 0.243 e. The SMILES string of the molecule is CCN(CCCCN1CCc2cc(OC)c(OC)c3c2C1CC3)S(=O)(=O)c1cccc2ccccc12.Cl. The third-order valence-corrected chi connectivity index (χ3v) is 9.86. The van der Waals surface area contributed by atoms with Crippen molar-refractivity contribution in [3.8, 4) is 11.5 Å². The molecule has 0 radical (unpaired) electrons. The highest BCUT2D eigenvalue weighted by Gasteiger charge is 2.36. The lowest BCUT2D eigenvalue weighted by Crippen LogP contribution is -2.36. The molecule has 0 N–H and O–H groups in total. The Hall–Kier alpha value is -2.32. The minimum Gasteiger partial charge on any atom is -0.493 e. The predicted octanol–water partition coefficient (Wildman–Crippen LogP) is 5.62. The van der Waals surface area contributed by atoms with Crippen molar-refractivity contribution < 1.29 is 17.9 Å². The van der Waals surface area contributed by atoms with Crippen molar-refractivity contribution in [3.63, 3.8) is 0 Å². The Labute approximate surface area is 227 Å². The number of hydrogen-bond acceptors (Lipinski definition) is 5. The summed E-state index contributed by atoms with van der Waals surface area (Å²) in [7, 11) is -0.121. The standard InChI is InChI=1S/C29H36N2O4S.ClH/c1-4-31(36(32,33)27-13-9-11-21-10-5-6-12-23(21)27)18-8-7-17-30-19-16-22-20-26(34-2)29(35-3)24-14-15-25(30)28(22)24;/h5-6,9-13,20,25H,4,7-8,14-19H2,1-3H3;1H. The van der Waals surface area contributed by atoms with Crippen LogP contribution in [0, 0.1) is 0 Å². The van der Waals surface area contributed by atoms with Gasteiger partial charge in [0.05, 0.1) is 19.1 Å². The molecule has 1 atom stereocenters. The van der Waals surface area contributed by atoms with Gasteiger partial charge in [-0.3, -0.25) is 4.90 Å². The zero-order chi connectivity index (χ0) is 25.3. The number of hydrogen-bond donors (Lipinski definition) is 0. The predicted molar refractivity (Wildman–Crippen MR) is 151 cm³/mol. The lowest BCUT2D eigenvalue weighted by Gasteiger charge is -2.35. The van der Waals surface area contributed by atoms with Crippen molar-refractivity contribution in [1.82, 2.24) is 9.21 Å². The van der Waals surface area contributed by atoms with Crippen LogP contribution >= 0.6 is 12.4 Å². The van der Waals surface area contributed by atoms with Crippen LogP contribution in [0.1, 0.15) is 48.9 Å². The number of rotatable bonds is 10. The highest BCUT2D eigenvalue weighted by molar-refractivity contribution is 7.89. The van der Waals surface area contributed by atoms with E-state index >= 15 is 0 Å². The van der Waals surface area contributed by atoms with E-state index in [1.807, 2.05) is 43.3 Å². The summed E-state index contributed by atoms with van der Waals surface area (Å²) in [5.74, 6) is 1.73. The summed E-state index contributed by atoms with van der Waals surface area (Å²) in [6.45, 7) is 4.93. The number of nitrogens with zero attached hydrogens (tertiary/aromatic N) is 2. The molecule has 0 bridgehead atoms. The van der Waals surface area contributed by atoms with E-state index in [1.165, 1.54) is 16.7 Å². The van der Waals surface area contributed by atoms with Gasteiger partial charge in [-0.15, -0.1) is 12.4 Å². The molecule has 1 unspecified atom stereocenters. The highest BCUT2D eigenvalue weighted by Crippen LogP contribution is 2.48. The molecule has 2 aliphatic rings. The van der Waals surface area contributed by atoms with Gasteiger partial charge in [0.2, 0.25) is 10.0 Å². The average Bonchev–Trinajstić information content (AvgIpc) is 3.35. The number of ether oxygens (including phenoxy) is 2. The van der Waals surface area contributed by atoms with E-state index in [-0.39, 0.29) is 12.4 Å². The Morgan fingerprint density at radius 3 is 2.57 bits per heavy atom. The molecule has 0 saturated heterocycles. The molecule has 0 spiro atoms. The molecule has 0 amide bonds. The minimum atomic E-state index is -3.55. The van der Waals surface area contributed by atoms with Crippen LogP contribution in [0.15, 0.2) is 53.4 Å². The largest absolute Gasteiger partial charge is 0.493 e. The van der Waals surface area contributed by atoms with E-state index in [2.05, 4.69) is 11.0 Å². The summed E-state index contributed by atoms with van der Waals surface area (Å²) in [5, 5.41) is 1.74. The van der Waals surface area contributed by atoms with Crippen molar-refractivity contribution >= 4 is 33.2 Å². The van der Waals surface area contributed by atoms with Gasteiger partial charge in [-0.2, -0.15) is 4.31 Å². The first-order valence-electron chi connectivity index (χ1n) is 13.0. The van der Waals surface area contributed by atoms with Gasteiger partial charge in [-0.05, 0) is 67.3 Å². The van der Waals surface area contributed by atoms with Crippen LogP contribution in [0.3, 0.4) is 0 Å². The van der Waals surface area contributed by atoms with E-state index in [9.17, 15) is 8.42 Å². The van der Waals surface area contributed by atoms with E-state index < -0.39 is 10.0 Å². The third-order valence-electron chi connectivity index (χ3n) is 7.83. The van der Waals surface area contributed by atoms with Gasteiger partial charge in [-0.1, -0.05) is 43.3 Å². The summed E-state index contributed by atoms with van der Waals surface area (Å²) in [5.41, 5.74) is 4.13. The normalized spacial score (nSPS) is 17.0. The third kappa shape index (κ3) is 5.07. The van der Waals surface area contributed by atoms with Crippen molar-refractivity contribution in [2.75, 3.05) is 40.4 Å². The number of benzene rings is 3. The first kappa shape index (κ1) is 27.7. The Balaban J connectivity index is 0.00000320. The van der Waals surface area contributed by atoms with Gasteiger partial charge < -0.3 is 9.47 Å². The van der Waals surface area contributed by atoms with Gasteiger partial charge >= 0.3 is 0 Å². The zero-order valence-electron chi connectivity index (χ0n) is 21.9. The summed E-state index contributed by atoms with van der Waals surface area (Å²) in [6.07, 6.45) is 4.93. The Kier molecular flexibility index (Phi) is 8.69. The lowest BCUT2D eigenvalue weighted by atomic mass is 9.92. The topological polar surface area (TPSA) is 59.1 Å². The fourth-order valence-electron chi connectivity index (χ4n) is 6.10. The molecule has 1 aliphatic heterocycles. The molecule has 1 aliphatic carbocycles. The summed E-state index contributed by atoms with van der Waals surface area (Å²) in [6, 6.07) is 15.8. The molecule has 5 rings (SSSR count). The molecule has 0 aromatic heterocycles. The van der Waals surface area contributed by atoms with Gasteiger partial charge in [0.15, 0.2) is 11.5 Å². The molecule has 37 heavy (non-hydrogen) atoms.